The van der Waals surface area contributed by atoms with Gasteiger partial charge in [-0.1, -0.05) is 48.5 Å². The highest BCUT2D eigenvalue weighted by Crippen LogP contribution is 2.32. The van der Waals surface area contributed by atoms with Gasteiger partial charge in [0.15, 0.2) is 0 Å². The molecule has 1 heterocycles. The number of aromatic amines is 1. The number of hydrogen-bond acceptors (Lipinski definition) is 7. The van der Waals surface area contributed by atoms with Crippen LogP contribution < -0.4 is 26.7 Å². The van der Waals surface area contributed by atoms with Crippen LogP contribution in [0.15, 0.2) is 77.6 Å². The van der Waals surface area contributed by atoms with Gasteiger partial charge >= 0.3 is 6.09 Å². The smallest absolute Gasteiger partial charge is 0.409 e. The monoisotopic (exact) mass is 598 g/mol. The van der Waals surface area contributed by atoms with Gasteiger partial charge in [-0.3, -0.25) is 9.59 Å². The maximum Gasteiger partial charge on any atom is 0.409 e. The van der Waals surface area contributed by atoms with Gasteiger partial charge in [-0.05, 0) is 79.5 Å². The van der Waals surface area contributed by atoms with Gasteiger partial charge in [0, 0.05) is 36.0 Å². The number of aliphatic hydroxyl groups is 1. The number of hydrogen-bond donors (Lipinski definition) is 6. The fraction of sp³-hybridized carbons (Fsp3) is 0.324. The number of carbonyl (C=O) groups excluding carboxylic acids is 2. The van der Waals surface area contributed by atoms with E-state index in [9.17, 15) is 24.6 Å². The molecule has 10 heteroatoms. The van der Waals surface area contributed by atoms with E-state index in [0.29, 0.717) is 47.5 Å². The SMILES string of the molecule is NC(=O)Oc1cc(CCC(=O)NC2CCC(CNC[C@H](O)c3ccc(O)c4[nH]c(=O)ccc34)CC2)ccc1-c1ccccc1. The molecule has 1 saturated carbocycles. The first-order chi connectivity index (χ1) is 21.3. The summed E-state index contributed by atoms with van der Waals surface area (Å²) in [7, 11) is 0. The van der Waals surface area contributed by atoms with Gasteiger partial charge in [-0.25, -0.2) is 4.79 Å². The van der Waals surface area contributed by atoms with Crippen molar-refractivity contribution in [3.05, 3.63) is 94.3 Å². The lowest BCUT2D eigenvalue weighted by atomic mass is 9.86. The van der Waals surface area contributed by atoms with Crippen molar-refractivity contribution in [3.8, 4) is 22.6 Å². The van der Waals surface area contributed by atoms with E-state index >= 15 is 0 Å². The summed E-state index contributed by atoms with van der Waals surface area (Å²) in [5, 5.41) is 28.0. The minimum Gasteiger partial charge on any atom is -0.506 e. The summed E-state index contributed by atoms with van der Waals surface area (Å²) in [6, 6.07) is 21.4. The molecule has 7 N–H and O–H groups in total. The maximum atomic E-state index is 12.7. The number of benzene rings is 3. The molecule has 0 radical (unpaired) electrons. The minimum atomic E-state index is -0.886. The number of phenols is 1. The number of aryl methyl sites for hydroxylation is 1. The van der Waals surface area contributed by atoms with E-state index in [2.05, 4.69) is 15.6 Å². The van der Waals surface area contributed by atoms with E-state index in [-0.39, 0.29) is 23.3 Å². The maximum absolute atomic E-state index is 12.7. The third-order valence-electron chi connectivity index (χ3n) is 8.23. The molecule has 3 aromatic carbocycles. The Morgan fingerprint density at radius 2 is 1.77 bits per heavy atom. The standard InChI is InChI=1S/C34H38N4O6/c35-34(43)44-30-18-21(8-12-25(30)23-4-2-1-3-5-23)9-16-31(41)37-24-10-6-22(7-11-24)19-36-20-29(40)26-13-15-28(39)33-27(26)14-17-32(42)38-33/h1-5,8,12-15,17-18,22,24,29,36,39-40H,6-7,9-11,16,19-20H2,(H2,35,43)(H,37,41)(H,38,42)/t22?,24?,29-/m0/s1. The number of aliphatic hydroxyl groups excluding tert-OH is 1. The highest BCUT2D eigenvalue weighted by Gasteiger charge is 2.23. The van der Waals surface area contributed by atoms with Crippen molar-refractivity contribution >= 4 is 22.9 Å². The van der Waals surface area contributed by atoms with E-state index in [4.69, 9.17) is 10.5 Å². The number of H-pyrrole nitrogens is 1. The van der Waals surface area contributed by atoms with Crippen LogP contribution in [0.5, 0.6) is 11.5 Å². The predicted molar refractivity (Wildman–Crippen MR) is 168 cm³/mol. The first-order valence-corrected chi connectivity index (χ1v) is 15.0. The predicted octanol–water partition coefficient (Wildman–Crippen LogP) is 4.29. The molecule has 230 valence electrons. The van der Waals surface area contributed by atoms with E-state index in [0.717, 1.165) is 48.9 Å². The van der Waals surface area contributed by atoms with Crippen LogP contribution in [-0.4, -0.2) is 46.3 Å². The summed E-state index contributed by atoms with van der Waals surface area (Å²) in [5.74, 6) is 0.762. The molecule has 2 amide bonds. The van der Waals surface area contributed by atoms with Gasteiger partial charge in [0.05, 0.1) is 11.6 Å². The number of carbonyl (C=O) groups is 2. The molecule has 0 saturated heterocycles. The number of nitrogens with one attached hydrogen (secondary N) is 3. The van der Waals surface area contributed by atoms with Crippen molar-refractivity contribution in [2.24, 2.45) is 11.7 Å². The minimum absolute atomic E-state index is 0.0123. The number of primary amides is 1. The Bertz CT molecular complexity index is 1660. The van der Waals surface area contributed by atoms with E-state index in [1.807, 2.05) is 42.5 Å². The largest absolute Gasteiger partial charge is 0.506 e. The Labute approximate surface area is 255 Å². The molecule has 1 fully saturated rings. The topological polar surface area (TPSA) is 167 Å². The molecular formula is C34H38N4O6. The van der Waals surface area contributed by atoms with Crippen molar-refractivity contribution in [2.75, 3.05) is 13.1 Å². The van der Waals surface area contributed by atoms with Gasteiger partial charge in [-0.2, -0.15) is 0 Å². The first-order valence-electron chi connectivity index (χ1n) is 15.0. The van der Waals surface area contributed by atoms with Crippen LogP contribution in [0.2, 0.25) is 0 Å². The molecule has 4 aromatic rings. The Hall–Kier alpha value is -4.67. The molecule has 1 atom stereocenters. The van der Waals surface area contributed by atoms with E-state index in [1.54, 1.807) is 18.2 Å². The number of fused-ring (bicyclic) bond motifs is 1. The van der Waals surface area contributed by atoms with Crippen LogP contribution >= 0.6 is 0 Å². The average molecular weight is 599 g/mol. The summed E-state index contributed by atoms with van der Waals surface area (Å²) < 4.78 is 5.27. The lowest BCUT2D eigenvalue weighted by Gasteiger charge is -2.29. The number of ether oxygens (including phenoxy) is 1. The number of rotatable bonds is 11. The normalized spacial score (nSPS) is 17.2. The zero-order valence-corrected chi connectivity index (χ0v) is 24.4. The van der Waals surface area contributed by atoms with E-state index < -0.39 is 12.2 Å². The van der Waals surface area contributed by atoms with Crippen molar-refractivity contribution in [1.29, 1.82) is 0 Å². The highest BCUT2D eigenvalue weighted by atomic mass is 16.5. The molecule has 1 aliphatic rings. The lowest BCUT2D eigenvalue weighted by Crippen LogP contribution is -2.39. The van der Waals surface area contributed by atoms with E-state index in [1.165, 1.54) is 12.1 Å². The molecule has 0 aliphatic heterocycles. The van der Waals surface area contributed by atoms with Crippen LogP contribution in [0, 0.1) is 5.92 Å². The summed E-state index contributed by atoms with van der Waals surface area (Å²) in [6.07, 6.45) is 2.84. The third-order valence-corrected chi connectivity index (χ3v) is 8.23. The van der Waals surface area contributed by atoms with Crippen molar-refractivity contribution in [1.82, 2.24) is 15.6 Å². The van der Waals surface area contributed by atoms with Gasteiger partial charge < -0.3 is 36.3 Å². The number of nitrogens with two attached hydrogens (primary N) is 1. The zero-order valence-electron chi connectivity index (χ0n) is 24.4. The highest BCUT2D eigenvalue weighted by molar-refractivity contribution is 5.87. The number of pyridine rings is 1. The van der Waals surface area contributed by atoms with Gasteiger partial charge in [0.1, 0.15) is 11.5 Å². The fourth-order valence-electron chi connectivity index (χ4n) is 5.92. The molecular weight excluding hydrogens is 560 g/mol. The van der Waals surface area contributed by atoms with Crippen LogP contribution in [0.1, 0.15) is 49.3 Å². The zero-order chi connectivity index (χ0) is 31.1. The molecule has 5 rings (SSSR count). The average Bonchev–Trinajstić information content (AvgIpc) is 3.01. The number of aromatic nitrogens is 1. The molecule has 0 unspecified atom stereocenters. The third kappa shape index (κ3) is 7.83. The summed E-state index contributed by atoms with van der Waals surface area (Å²) >= 11 is 0. The number of aromatic hydroxyl groups is 1. The second kappa shape index (κ2) is 14.2. The molecule has 0 bridgehead atoms. The molecule has 1 aliphatic carbocycles. The molecule has 44 heavy (non-hydrogen) atoms. The molecule has 1 aromatic heterocycles. The van der Waals surface area contributed by atoms with Crippen LogP contribution in [-0.2, 0) is 11.2 Å². The Kier molecular flexibility index (Phi) is 9.93. The van der Waals surface area contributed by atoms with Gasteiger partial charge in [-0.15, -0.1) is 0 Å². The van der Waals surface area contributed by atoms with Crippen molar-refractivity contribution in [2.45, 2.75) is 50.7 Å². The summed E-state index contributed by atoms with van der Waals surface area (Å²) in [6.45, 7) is 1.09. The van der Waals surface area contributed by atoms with Crippen LogP contribution in [0.3, 0.4) is 0 Å². The Morgan fingerprint density at radius 3 is 2.52 bits per heavy atom. The molecule has 0 spiro atoms. The first kappa shape index (κ1) is 30.8. The quantitative estimate of drug-likeness (QED) is 0.150. The molecule has 10 nitrogen and oxygen atoms in total. The second-order valence-electron chi connectivity index (χ2n) is 11.4. The second-order valence-corrected chi connectivity index (χ2v) is 11.4. The lowest BCUT2D eigenvalue weighted by molar-refractivity contribution is -0.122. The number of phenolic OH excluding ortho intramolecular Hbond substituents is 1. The Balaban J connectivity index is 1.05. The summed E-state index contributed by atoms with van der Waals surface area (Å²) in [4.78, 5) is 38.5. The van der Waals surface area contributed by atoms with Crippen molar-refractivity contribution < 1.29 is 24.5 Å². The van der Waals surface area contributed by atoms with Gasteiger partial charge in [0.2, 0.25) is 11.5 Å². The van der Waals surface area contributed by atoms with Crippen molar-refractivity contribution in [3.63, 3.8) is 0 Å². The van der Waals surface area contributed by atoms with Crippen LogP contribution in [0.4, 0.5) is 4.79 Å². The Morgan fingerprint density at radius 1 is 1.00 bits per heavy atom. The fourth-order valence-corrected chi connectivity index (χ4v) is 5.92. The summed E-state index contributed by atoms with van der Waals surface area (Å²) in [5.41, 5.74) is 8.46. The number of amides is 2. The van der Waals surface area contributed by atoms with Gasteiger partial charge in [0.25, 0.3) is 0 Å². The van der Waals surface area contributed by atoms with Crippen LogP contribution in [0.25, 0.3) is 22.0 Å².